The number of hydrogen-bond donors (Lipinski definition) is 0. The molecule has 1 aliphatic heterocycles. The zero-order chi connectivity index (χ0) is 7.99. The molecule has 58 valence electrons. The first-order valence-electron chi connectivity index (χ1n) is 3.71. The molecule has 0 spiro atoms. The van der Waals surface area contributed by atoms with Gasteiger partial charge in [-0.2, -0.15) is 0 Å². The van der Waals surface area contributed by atoms with Crippen LogP contribution in [0.5, 0.6) is 0 Å². The van der Waals surface area contributed by atoms with E-state index < -0.39 is 0 Å². The Bertz CT molecular complexity index is 127. The summed E-state index contributed by atoms with van der Waals surface area (Å²) in [5.41, 5.74) is -0.321. The largest absolute Gasteiger partial charge is 0.454 e. The van der Waals surface area contributed by atoms with Crippen LogP contribution in [0.1, 0.15) is 27.7 Å². The SMILES string of the molecule is CC1(C)OB([13CH3])OC1(C)C. The van der Waals surface area contributed by atoms with Crippen LogP contribution in [-0.2, 0) is 9.31 Å². The van der Waals surface area contributed by atoms with Crippen molar-refractivity contribution in [3.8, 4) is 0 Å². The summed E-state index contributed by atoms with van der Waals surface area (Å²) in [6.07, 6.45) is 0. The molecule has 0 aromatic carbocycles. The van der Waals surface area contributed by atoms with Crippen molar-refractivity contribution in [2.24, 2.45) is 0 Å². The van der Waals surface area contributed by atoms with Crippen LogP contribution in [0, 0.1) is 0 Å². The molecule has 0 aromatic rings. The summed E-state index contributed by atoms with van der Waals surface area (Å²) in [5.74, 6) is 0. The monoisotopic (exact) mass is 143 g/mol. The molecule has 2 nitrogen and oxygen atoms in total. The first kappa shape index (κ1) is 8.09. The van der Waals surface area contributed by atoms with Crippen molar-refractivity contribution >= 4 is 7.12 Å². The van der Waals surface area contributed by atoms with Crippen LogP contribution in [-0.4, -0.2) is 18.3 Å². The summed E-state index contributed by atoms with van der Waals surface area (Å²) in [6.45, 7) is 10.1. The van der Waals surface area contributed by atoms with Crippen molar-refractivity contribution in [2.45, 2.75) is 45.7 Å². The fourth-order valence-electron chi connectivity index (χ4n) is 1.14. The second-order valence-electron chi connectivity index (χ2n) is 3.82. The van der Waals surface area contributed by atoms with E-state index in [1.807, 2.05) is 6.82 Å². The predicted octanol–water partition coefficient (Wildman–Crippen LogP) is 1.71. The normalized spacial score (nSPS) is 29.1. The molecule has 1 rings (SSSR count). The van der Waals surface area contributed by atoms with Gasteiger partial charge in [-0.15, -0.1) is 0 Å². The molecule has 0 amide bonds. The second kappa shape index (κ2) is 1.99. The minimum Gasteiger partial charge on any atom is -0.403 e. The molecule has 0 aliphatic carbocycles. The van der Waals surface area contributed by atoms with Gasteiger partial charge >= 0.3 is 7.12 Å². The third-order valence-electron chi connectivity index (χ3n) is 2.37. The van der Waals surface area contributed by atoms with Gasteiger partial charge in [-0.1, -0.05) is 0 Å². The molecule has 10 heavy (non-hydrogen) atoms. The maximum atomic E-state index is 5.54. The van der Waals surface area contributed by atoms with Gasteiger partial charge in [0.1, 0.15) is 0 Å². The molecule has 0 atom stereocenters. The summed E-state index contributed by atoms with van der Waals surface area (Å²) in [6, 6.07) is 0. The van der Waals surface area contributed by atoms with E-state index in [4.69, 9.17) is 9.31 Å². The average Bonchev–Trinajstić information content (AvgIpc) is 1.73. The summed E-state index contributed by atoms with van der Waals surface area (Å²) in [4.78, 5) is 0. The second-order valence-corrected chi connectivity index (χ2v) is 3.82. The highest BCUT2D eigenvalue weighted by Gasteiger charge is 2.48. The van der Waals surface area contributed by atoms with Gasteiger partial charge in [-0.3, -0.25) is 0 Å². The Morgan fingerprint density at radius 2 is 1.20 bits per heavy atom. The van der Waals surface area contributed by atoms with Crippen molar-refractivity contribution in [3.05, 3.63) is 0 Å². The first-order chi connectivity index (χ1) is 4.35. The Balaban J connectivity index is 2.78. The molecule has 1 saturated heterocycles. The van der Waals surface area contributed by atoms with E-state index in [-0.39, 0.29) is 18.3 Å². The lowest BCUT2D eigenvalue weighted by molar-refractivity contribution is 0.00578. The fraction of sp³-hybridized carbons (Fsp3) is 1.00. The number of hydrogen-bond acceptors (Lipinski definition) is 2. The maximum absolute atomic E-state index is 5.54. The minimum atomic E-state index is -0.160. The summed E-state index contributed by atoms with van der Waals surface area (Å²) in [7, 11) is -0.0648. The molecule has 1 heterocycles. The molecule has 0 unspecified atom stereocenters. The van der Waals surface area contributed by atoms with Crippen LogP contribution in [0.25, 0.3) is 0 Å². The fourth-order valence-corrected chi connectivity index (χ4v) is 1.14. The van der Waals surface area contributed by atoms with Gasteiger partial charge in [0.15, 0.2) is 0 Å². The highest BCUT2D eigenvalue weighted by molar-refractivity contribution is 6.43. The Morgan fingerprint density at radius 1 is 0.900 bits per heavy atom. The highest BCUT2D eigenvalue weighted by Crippen LogP contribution is 2.36. The van der Waals surface area contributed by atoms with Crippen LogP contribution < -0.4 is 0 Å². The van der Waals surface area contributed by atoms with E-state index in [1.54, 1.807) is 0 Å². The van der Waals surface area contributed by atoms with E-state index in [9.17, 15) is 0 Å². The lowest BCUT2D eigenvalue weighted by Gasteiger charge is -2.32. The van der Waals surface area contributed by atoms with Crippen molar-refractivity contribution in [3.63, 3.8) is 0 Å². The lowest BCUT2D eigenvalue weighted by atomic mass is 9.90. The highest BCUT2D eigenvalue weighted by atomic mass is 16.7. The molecular formula is C7H15BO2. The zero-order valence-corrected chi connectivity index (χ0v) is 7.39. The lowest BCUT2D eigenvalue weighted by Crippen LogP contribution is -2.41. The Hall–Kier alpha value is -0.0151. The quantitative estimate of drug-likeness (QED) is 0.379. The summed E-state index contributed by atoms with van der Waals surface area (Å²) >= 11 is 0. The Kier molecular flexibility index (Phi) is 1.61. The molecule has 0 N–H and O–H groups in total. The van der Waals surface area contributed by atoms with Gasteiger partial charge in [0.05, 0.1) is 11.2 Å². The number of rotatable bonds is 0. The first-order valence-corrected chi connectivity index (χ1v) is 3.71. The molecule has 1 fully saturated rings. The molecular weight excluding hydrogens is 128 g/mol. The predicted molar refractivity (Wildman–Crippen MR) is 41.9 cm³/mol. The summed E-state index contributed by atoms with van der Waals surface area (Å²) in [5, 5.41) is 0. The third-order valence-corrected chi connectivity index (χ3v) is 2.37. The van der Waals surface area contributed by atoms with Gasteiger partial charge in [-0.25, -0.2) is 0 Å². The van der Waals surface area contributed by atoms with Gasteiger partial charge in [0.25, 0.3) is 0 Å². The van der Waals surface area contributed by atoms with Crippen LogP contribution in [0.2, 0.25) is 6.82 Å². The molecule has 0 radical (unpaired) electrons. The van der Waals surface area contributed by atoms with Crippen molar-refractivity contribution in [2.75, 3.05) is 0 Å². The van der Waals surface area contributed by atoms with E-state index in [1.165, 1.54) is 0 Å². The Labute approximate surface area is 63.0 Å². The topological polar surface area (TPSA) is 18.5 Å². The zero-order valence-electron chi connectivity index (χ0n) is 7.39. The molecule has 0 saturated carbocycles. The van der Waals surface area contributed by atoms with Gasteiger partial charge in [0, 0.05) is 0 Å². The third kappa shape index (κ3) is 1.08. The van der Waals surface area contributed by atoms with Crippen molar-refractivity contribution in [1.29, 1.82) is 0 Å². The van der Waals surface area contributed by atoms with Gasteiger partial charge in [0.2, 0.25) is 0 Å². The van der Waals surface area contributed by atoms with Crippen molar-refractivity contribution in [1.82, 2.24) is 0 Å². The van der Waals surface area contributed by atoms with E-state index in [0.29, 0.717) is 0 Å². The van der Waals surface area contributed by atoms with Gasteiger partial charge in [-0.05, 0) is 34.5 Å². The van der Waals surface area contributed by atoms with E-state index in [2.05, 4.69) is 27.7 Å². The van der Waals surface area contributed by atoms with Crippen LogP contribution >= 0.6 is 0 Å². The molecule has 1 aliphatic rings. The minimum absolute atomic E-state index is 0.0648. The maximum Gasteiger partial charge on any atom is 0.454 e. The van der Waals surface area contributed by atoms with Crippen molar-refractivity contribution < 1.29 is 9.31 Å². The summed E-state index contributed by atoms with van der Waals surface area (Å²) < 4.78 is 11.1. The van der Waals surface area contributed by atoms with Gasteiger partial charge < -0.3 is 9.31 Å². The van der Waals surface area contributed by atoms with Crippen LogP contribution in [0.4, 0.5) is 0 Å². The molecule has 3 heteroatoms. The molecule has 0 aromatic heterocycles. The van der Waals surface area contributed by atoms with E-state index >= 15 is 0 Å². The standard InChI is InChI=1S/C7H15BO2/c1-6(2)7(3,4)10-8(5)9-6/h1-5H3/i5+1. The smallest absolute Gasteiger partial charge is 0.403 e. The molecule has 0 bridgehead atoms. The van der Waals surface area contributed by atoms with E-state index in [0.717, 1.165) is 0 Å². The van der Waals surface area contributed by atoms with Crippen LogP contribution in [0.15, 0.2) is 0 Å². The average molecular weight is 143 g/mol. The Morgan fingerprint density at radius 3 is 1.30 bits per heavy atom. The van der Waals surface area contributed by atoms with Crippen LogP contribution in [0.3, 0.4) is 0 Å².